The number of benzene rings is 2. The van der Waals surface area contributed by atoms with Gasteiger partial charge in [0.1, 0.15) is 0 Å². The lowest BCUT2D eigenvalue weighted by Crippen LogP contribution is -2.18. The van der Waals surface area contributed by atoms with Crippen LogP contribution in [0.4, 0.5) is 0 Å². The van der Waals surface area contributed by atoms with Gasteiger partial charge in [-0.3, -0.25) is 0 Å². The van der Waals surface area contributed by atoms with Gasteiger partial charge in [0.15, 0.2) is 11.5 Å². The van der Waals surface area contributed by atoms with Crippen LogP contribution in [-0.2, 0) is 6.42 Å². The predicted molar refractivity (Wildman–Crippen MR) is 93.5 cm³/mol. The highest BCUT2D eigenvalue weighted by molar-refractivity contribution is 5.85. The van der Waals surface area contributed by atoms with Crippen LogP contribution in [0, 0.1) is 6.92 Å². The first-order valence-electron chi connectivity index (χ1n) is 7.12. The molecule has 22 heavy (non-hydrogen) atoms. The Morgan fingerprint density at radius 2 is 1.59 bits per heavy atom. The lowest BCUT2D eigenvalue weighted by atomic mass is 9.98. The van der Waals surface area contributed by atoms with E-state index in [0.29, 0.717) is 0 Å². The largest absolute Gasteiger partial charge is 0.493 e. The Morgan fingerprint density at radius 3 is 2.14 bits per heavy atom. The highest BCUT2D eigenvalue weighted by Gasteiger charge is 2.12. The number of hydrogen-bond acceptors (Lipinski definition) is 3. The molecule has 4 heteroatoms. The molecule has 0 aromatic heterocycles. The third-order valence-corrected chi connectivity index (χ3v) is 3.72. The maximum atomic E-state index is 5.37. The molecule has 0 fully saturated rings. The molecule has 2 rings (SSSR count). The summed E-state index contributed by atoms with van der Waals surface area (Å²) in [5, 5.41) is 3.38. The van der Waals surface area contributed by atoms with E-state index in [0.717, 1.165) is 17.9 Å². The van der Waals surface area contributed by atoms with Crippen LogP contribution in [0.15, 0.2) is 42.5 Å². The average Bonchev–Trinajstić information content (AvgIpc) is 2.53. The molecular weight excluding hydrogens is 298 g/mol. The van der Waals surface area contributed by atoms with Crippen LogP contribution in [0.5, 0.6) is 11.5 Å². The number of aryl methyl sites for hydroxylation is 1. The Morgan fingerprint density at radius 1 is 0.955 bits per heavy atom. The fourth-order valence-corrected chi connectivity index (χ4v) is 2.43. The van der Waals surface area contributed by atoms with Crippen LogP contribution in [0.3, 0.4) is 0 Å². The predicted octanol–water partition coefficient (Wildman–Crippen LogP) is 3.94. The van der Waals surface area contributed by atoms with Crippen molar-refractivity contribution < 1.29 is 9.47 Å². The van der Waals surface area contributed by atoms with Crippen molar-refractivity contribution in [3.8, 4) is 11.5 Å². The normalized spacial score (nSPS) is 11.5. The summed E-state index contributed by atoms with van der Waals surface area (Å²) in [6, 6.07) is 15.0. The standard InChI is InChI=1S/C18H23NO2.ClH/c1-13-5-8-15(9-6-13)16(19-2)11-14-7-10-17(20-3)18(12-14)21-4;/h5-10,12,16,19H,11H2,1-4H3;1H. The molecule has 0 heterocycles. The number of likely N-dealkylation sites (N-methyl/N-ethyl adjacent to an activating group) is 1. The molecule has 0 aliphatic heterocycles. The number of hydrogen-bond donors (Lipinski definition) is 1. The van der Waals surface area contributed by atoms with Gasteiger partial charge in [0, 0.05) is 6.04 Å². The first kappa shape index (κ1) is 18.3. The third-order valence-electron chi connectivity index (χ3n) is 3.72. The molecule has 0 saturated carbocycles. The zero-order valence-electron chi connectivity index (χ0n) is 13.6. The Hall–Kier alpha value is -1.71. The lowest BCUT2D eigenvalue weighted by molar-refractivity contribution is 0.354. The number of methoxy groups -OCH3 is 2. The zero-order valence-corrected chi connectivity index (χ0v) is 14.4. The Balaban J connectivity index is 0.00000242. The minimum absolute atomic E-state index is 0. The van der Waals surface area contributed by atoms with Crippen molar-refractivity contribution in [1.82, 2.24) is 5.32 Å². The molecule has 0 bridgehead atoms. The molecule has 0 amide bonds. The van der Waals surface area contributed by atoms with Gasteiger partial charge in [-0.05, 0) is 43.7 Å². The maximum Gasteiger partial charge on any atom is 0.160 e. The van der Waals surface area contributed by atoms with Crippen molar-refractivity contribution in [2.75, 3.05) is 21.3 Å². The SMILES string of the molecule is CNC(Cc1ccc(OC)c(OC)c1)c1ccc(C)cc1.Cl. The van der Waals surface area contributed by atoms with Crippen LogP contribution < -0.4 is 14.8 Å². The van der Waals surface area contributed by atoms with Crippen LogP contribution >= 0.6 is 12.4 Å². The molecule has 3 nitrogen and oxygen atoms in total. The van der Waals surface area contributed by atoms with E-state index in [1.807, 2.05) is 19.2 Å². The van der Waals surface area contributed by atoms with Crippen LogP contribution in [0.1, 0.15) is 22.7 Å². The van der Waals surface area contributed by atoms with E-state index in [2.05, 4.69) is 42.6 Å². The van der Waals surface area contributed by atoms with Gasteiger partial charge in [0.25, 0.3) is 0 Å². The first-order valence-corrected chi connectivity index (χ1v) is 7.12. The summed E-state index contributed by atoms with van der Waals surface area (Å²) in [7, 11) is 5.31. The third kappa shape index (κ3) is 4.39. The molecule has 120 valence electrons. The van der Waals surface area contributed by atoms with Gasteiger partial charge in [0.2, 0.25) is 0 Å². The van der Waals surface area contributed by atoms with Gasteiger partial charge < -0.3 is 14.8 Å². The number of halogens is 1. The lowest BCUT2D eigenvalue weighted by Gasteiger charge is -2.18. The molecule has 0 spiro atoms. The van der Waals surface area contributed by atoms with Crippen molar-refractivity contribution in [2.24, 2.45) is 0 Å². The van der Waals surface area contributed by atoms with Crippen molar-refractivity contribution in [3.63, 3.8) is 0 Å². The average molecular weight is 322 g/mol. The van der Waals surface area contributed by atoms with Crippen molar-refractivity contribution in [1.29, 1.82) is 0 Å². The molecule has 0 radical (unpaired) electrons. The second kappa shape index (κ2) is 8.66. The van der Waals surface area contributed by atoms with Crippen molar-refractivity contribution in [3.05, 3.63) is 59.2 Å². The van der Waals surface area contributed by atoms with E-state index >= 15 is 0 Å². The van der Waals surface area contributed by atoms with Gasteiger partial charge in [-0.25, -0.2) is 0 Å². The Kier molecular flexibility index (Phi) is 7.22. The molecule has 0 aliphatic carbocycles. The minimum Gasteiger partial charge on any atom is -0.493 e. The maximum absolute atomic E-state index is 5.37. The van der Waals surface area contributed by atoms with E-state index in [1.54, 1.807) is 14.2 Å². The van der Waals surface area contributed by atoms with Gasteiger partial charge in [-0.2, -0.15) is 0 Å². The molecule has 0 saturated heterocycles. The minimum atomic E-state index is 0. The number of nitrogens with one attached hydrogen (secondary N) is 1. The molecule has 2 aromatic carbocycles. The van der Waals surface area contributed by atoms with Crippen LogP contribution in [0.2, 0.25) is 0 Å². The first-order chi connectivity index (χ1) is 10.2. The second-order valence-corrected chi connectivity index (χ2v) is 5.15. The quantitative estimate of drug-likeness (QED) is 0.874. The van der Waals surface area contributed by atoms with Crippen LogP contribution in [0.25, 0.3) is 0 Å². The molecular formula is C18H24ClNO2. The zero-order chi connectivity index (χ0) is 15.2. The number of rotatable bonds is 6. The van der Waals surface area contributed by atoms with E-state index in [-0.39, 0.29) is 18.4 Å². The van der Waals surface area contributed by atoms with E-state index in [4.69, 9.17) is 9.47 Å². The van der Waals surface area contributed by atoms with Crippen LogP contribution in [-0.4, -0.2) is 21.3 Å². The summed E-state index contributed by atoms with van der Waals surface area (Å²) < 4.78 is 10.6. The molecule has 0 aliphatic rings. The summed E-state index contributed by atoms with van der Waals surface area (Å²) in [6.07, 6.45) is 0.903. The number of ether oxygens (including phenoxy) is 2. The van der Waals surface area contributed by atoms with Crippen molar-refractivity contribution >= 4 is 12.4 Å². The highest BCUT2D eigenvalue weighted by atomic mass is 35.5. The molecule has 1 atom stereocenters. The smallest absolute Gasteiger partial charge is 0.160 e. The van der Waals surface area contributed by atoms with Crippen molar-refractivity contribution in [2.45, 2.75) is 19.4 Å². The fourth-order valence-electron chi connectivity index (χ4n) is 2.43. The van der Waals surface area contributed by atoms with Gasteiger partial charge in [-0.15, -0.1) is 12.4 Å². The Labute approximate surface area is 139 Å². The van der Waals surface area contributed by atoms with Gasteiger partial charge in [0.05, 0.1) is 14.2 Å². The summed E-state index contributed by atoms with van der Waals surface area (Å²) in [6.45, 7) is 2.10. The molecule has 1 N–H and O–H groups in total. The monoisotopic (exact) mass is 321 g/mol. The van der Waals surface area contributed by atoms with E-state index in [1.165, 1.54) is 16.7 Å². The fraction of sp³-hybridized carbons (Fsp3) is 0.333. The van der Waals surface area contributed by atoms with E-state index < -0.39 is 0 Å². The Bertz CT molecular complexity index is 584. The molecule has 1 unspecified atom stereocenters. The van der Waals surface area contributed by atoms with Gasteiger partial charge >= 0.3 is 0 Å². The summed E-state index contributed by atoms with van der Waals surface area (Å²) in [5.41, 5.74) is 3.78. The van der Waals surface area contributed by atoms with E-state index in [9.17, 15) is 0 Å². The summed E-state index contributed by atoms with van der Waals surface area (Å²) >= 11 is 0. The summed E-state index contributed by atoms with van der Waals surface area (Å²) in [5.74, 6) is 1.53. The molecule has 2 aromatic rings. The second-order valence-electron chi connectivity index (χ2n) is 5.15. The topological polar surface area (TPSA) is 30.5 Å². The summed E-state index contributed by atoms with van der Waals surface area (Å²) in [4.78, 5) is 0. The highest BCUT2D eigenvalue weighted by Crippen LogP contribution is 2.29. The van der Waals surface area contributed by atoms with Gasteiger partial charge in [-0.1, -0.05) is 35.9 Å².